The maximum absolute atomic E-state index is 13.0. The monoisotopic (exact) mass is 362 g/mol. The van der Waals surface area contributed by atoms with Crippen molar-refractivity contribution in [3.8, 4) is 11.3 Å². The van der Waals surface area contributed by atoms with Gasteiger partial charge in [-0.3, -0.25) is 14.6 Å². The molecule has 6 nitrogen and oxygen atoms in total. The van der Waals surface area contributed by atoms with Crippen LogP contribution in [0.4, 0.5) is 4.39 Å². The number of ether oxygens (including phenoxy) is 1. The number of morpholine rings is 1. The van der Waals surface area contributed by atoms with E-state index in [4.69, 9.17) is 14.3 Å². The van der Waals surface area contributed by atoms with Crippen molar-refractivity contribution in [3.63, 3.8) is 0 Å². The lowest BCUT2D eigenvalue weighted by atomic mass is 10.2. The van der Waals surface area contributed by atoms with Crippen molar-refractivity contribution < 1.29 is 23.4 Å². The van der Waals surface area contributed by atoms with Gasteiger partial charge in [-0.2, -0.15) is 0 Å². The molecule has 3 rings (SSSR count). The molecule has 140 valence electrons. The van der Waals surface area contributed by atoms with Crippen LogP contribution in [0.15, 0.2) is 40.8 Å². The van der Waals surface area contributed by atoms with E-state index in [0.717, 1.165) is 24.4 Å². The Labute approximate surface area is 151 Å². The topological polar surface area (TPSA) is 66.2 Å². The Balaban J connectivity index is 1.55. The molecule has 1 aliphatic rings. The second kappa shape index (κ2) is 8.44. The van der Waals surface area contributed by atoms with E-state index in [9.17, 15) is 9.18 Å². The quantitative estimate of drug-likeness (QED) is 0.815. The highest BCUT2D eigenvalue weighted by atomic mass is 19.1. The van der Waals surface area contributed by atoms with Crippen molar-refractivity contribution >= 4 is 5.97 Å². The number of rotatable bonds is 7. The van der Waals surface area contributed by atoms with Crippen molar-refractivity contribution in [1.82, 2.24) is 9.80 Å². The third-order valence-corrected chi connectivity index (χ3v) is 4.31. The highest BCUT2D eigenvalue weighted by Gasteiger charge is 2.23. The standard InChI is InChI=1S/C19H23FN2O4/c1-21(13-19(23)24)10-17-12-22(8-9-25-17)11-16-6-7-18(26-16)14-2-4-15(20)5-3-14/h2-7,17H,8-13H2,1H3,(H,23,24). The van der Waals surface area contributed by atoms with Gasteiger partial charge in [0.2, 0.25) is 0 Å². The summed E-state index contributed by atoms with van der Waals surface area (Å²) in [5, 5.41) is 8.85. The van der Waals surface area contributed by atoms with Crippen LogP contribution in [0.1, 0.15) is 5.76 Å². The molecular weight excluding hydrogens is 339 g/mol. The lowest BCUT2D eigenvalue weighted by Crippen LogP contribution is -2.47. The summed E-state index contributed by atoms with van der Waals surface area (Å²) < 4.78 is 24.7. The Morgan fingerprint density at radius 2 is 2.08 bits per heavy atom. The van der Waals surface area contributed by atoms with Gasteiger partial charge in [0.05, 0.1) is 25.8 Å². The van der Waals surface area contributed by atoms with Crippen LogP contribution >= 0.6 is 0 Å². The van der Waals surface area contributed by atoms with E-state index < -0.39 is 5.97 Å². The zero-order valence-electron chi connectivity index (χ0n) is 14.7. The largest absolute Gasteiger partial charge is 0.480 e. The van der Waals surface area contributed by atoms with Crippen molar-refractivity contribution in [2.24, 2.45) is 0 Å². The van der Waals surface area contributed by atoms with Crippen LogP contribution in [0.2, 0.25) is 0 Å². The number of nitrogens with zero attached hydrogens (tertiary/aromatic N) is 2. The van der Waals surface area contributed by atoms with Gasteiger partial charge in [-0.25, -0.2) is 4.39 Å². The summed E-state index contributed by atoms with van der Waals surface area (Å²) in [6.07, 6.45) is -0.0281. The molecule has 1 aromatic carbocycles. The van der Waals surface area contributed by atoms with E-state index in [-0.39, 0.29) is 18.5 Å². The number of hydrogen-bond acceptors (Lipinski definition) is 5. The summed E-state index contributed by atoms with van der Waals surface area (Å²) in [5.41, 5.74) is 0.841. The second-order valence-electron chi connectivity index (χ2n) is 6.59. The fourth-order valence-corrected chi connectivity index (χ4v) is 3.13. The highest BCUT2D eigenvalue weighted by molar-refractivity contribution is 5.69. The minimum absolute atomic E-state index is 0.000919. The summed E-state index contributed by atoms with van der Waals surface area (Å²) >= 11 is 0. The summed E-state index contributed by atoms with van der Waals surface area (Å²) in [5.74, 6) is 0.437. The first-order valence-corrected chi connectivity index (χ1v) is 8.58. The van der Waals surface area contributed by atoms with E-state index in [1.54, 1.807) is 24.1 Å². The second-order valence-corrected chi connectivity index (χ2v) is 6.59. The molecule has 0 spiro atoms. The first-order chi connectivity index (χ1) is 12.5. The van der Waals surface area contributed by atoms with Crippen molar-refractivity contribution in [1.29, 1.82) is 0 Å². The normalized spacial score (nSPS) is 18.3. The van der Waals surface area contributed by atoms with Crippen molar-refractivity contribution in [2.75, 3.05) is 39.8 Å². The maximum atomic E-state index is 13.0. The SMILES string of the molecule is CN(CC(=O)O)CC1CN(Cc2ccc(-c3ccc(F)cc3)o2)CCO1. The number of carboxylic acids is 1. The van der Waals surface area contributed by atoms with Crippen LogP contribution in [-0.4, -0.2) is 66.8 Å². The highest BCUT2D eigenvalue weighted by Crippen LogP contribution is 2.23. The average Bonchev–Trinajstić information content (AvgIpc) is 3.03. The number of carboxylic acid groups (broad SMARTS) is 1. The molecule has 1 atom stereocenters. The number of hydrogen-bond donors (Lipinski definition) is 1. The molecule has 1 aliphatic heterocycles. The van der Waals surface area contributed by atoms with Gasteiger partial charge in [0.25, 0.3) is 0 Å². The van der Waals surface area contributed by atoms with Gasteiger partial charge < -0.3 is 14.3 Å². The van der Waals surface area contributed by atoms with Crippen LogP contribution in [0.3, 0.4) is 0 Å². The Kier molecular flexibility index (Phi) is 6.03. The number of furan rings is 1. The van der Waals surface area contributed by atoms with Crippen molar-refractivity contribution in [3.05, 3.63) is 48.0 Å². The fraction of sp³-hybridized carbons (Fsp3) is 0.421. The molecule has 1 aromatic heterocycles. The molecule has 1 fully saturated rings. The van der Waals surface area contributed by atoms with Gasteiger partial charge in [-0.05, 0) is 43.4 Å². The zero-order chi connectivity index (χ0) is 18.5. The molecule has 1 N–H and O–H groups in total. The number of aliphatic carboxylic acids is 1. The summed E-state index contributed by atoms with van der Waals surface area (Å²) in [7, 11) is 1.78. The molecule has 1 saturated heterocycles. The molecule has 2 heterocycles. The smallest absolute Gasteiger partial charge is 0.317 e. The predicted octanol–water partition coefficient (Wildman–Crippen LogP) is 2.30. The van der Waals surface area contributed by atoms with Gasteiger partial charge in [0.1, 0.15) is 17.3 Å². The van der Waals surface area contributed by atoms with E-state index in [1.165, 1.54) is 12.1 Å². The van der Waals surface area contributed by atoms with Crippen molar-refractivity contribution in [2.45, 2.75) is 12.6 Å². The van der Waals surface area contributed by atoms with Crippen LogP contribution in [0.25, 0.3) is 11.3 Å². The van der Waals surface area contributed by atoms with Gasteiger partial charge in [0, 0.05) is 25.2 Å². The van der Waals surface area contributed by atoms with Crippen LogP contribution in [0.5, 0.6) is 0 Å². The van der Waals surface area contributed by atoms with E-state index >= 15 is 0 Å². The van der Waals surface area contributed by atoms with Gasteiger partial charge in [0.15, 0.2) is 0 Å². The number of benzene rings is 1. The first-order valence-electron chi connectivity index (χ1n) is 8.58. The van der Waals surface area contributed by atoms with Gasteiger partial charge >= 0.3 is 5.97 Å². The van der Waals surface area contributed by atoms with Gasteiger partial charge in [-0.15, -0.1) is 0 Å². The van der Waals surface area contributed by atoms with Crippen LogP contribution < -0.4 is 0 Å². The number of carbonyl (C=O) groups is 1. The number of likely N-dealkylation sites (N-methyl/N-ethyl adjacent to an activating group) is 1. The van der Waals surface area contributed by atoms with Crippen LogP contribution in [0, 0.1) is 5.82 Å². The van der Waals surface area contributed by atoms with E-state index in [1.807, 2.05) is 12.1 Å². The van der Waals surface area contributed by atoms with Crippen LogP contribution in [-0.2, 0) is 16.1 Å². The zero-order valence-corrected chi connectivity index (χ0v) is 14.7. The minimum atomic E-state index is -0.843. The minimum Gasteiger partial charge on any atom is -0.480 e. The third kappa shape index (κ3) is 5.14. The maximum Gasteiger partial charge on any atom is 0.317 e. The Morgan fingerprint density at radius 3 is 2.81 bits per heavy atom. The molecule has 0 saturated carbocycles. The Hall–Kier alpha value is -2.22. The summed E-state index contributed by atoms with van der Waals surface area (Å²) in [6.45, 7) is 3.35. The lowest BCUT2D eigenvalue weighted by Gasteiger charge is -2.34. The molecule has 0 amide bonds. The summed E-state index contributed by atoms with van der Waals surface area (Å²) in [6, 6.07) is 10.0. The third-order valence-electron chi connectivity index (χ3n) is 4.31. The first kappa shape index (κ1) is 18.6. The fourth-order valence-electron chi connectivity index (χ4n) is 3.13. The Morgan fingerprint density at radius 1 is 1.31 bits per heavy atom. The molecule has 0 bridgehead atoms. The van der Waals surface area contributed by atoms with E-state index in [0.29, 0.717) is 25.5 Å². The lowest BCUT2D eigenvalue weighted by molar-refractivity contribution is -0.138. The van der Waals surface area contributed by atoms with E-state index in [2.05, 4.69) is 4.90 Å². The summed E-state index contributed by atoms with van der Waals surface area (Å²) in [4.78, 5) is 14.7. The average molecular weight is 362 g/mol. The molecular formula is C19H23FN2O4. The molecule has 26 heavy (non-hydrogen) atoms. The number of halogens is 1. The molecule has 2 aromatic rings. The van der Waals surface area contributed by atoms with Gasteiger partial charge in [-0.1, -0.05) is 0 Å². The molecule has 0 radical (unpaired) electrons. The molecule has 7 heteroatoms. The molecule has 1 unspecified atom stereocenters. The Bertz CT molecular complexity index is 731. The predicted molar refractivity (Wildman–Crippen MR) is 94.3 cm³/mol. The molecule has 0 aliphatic carbocycles.